The molecule has 0 aliphatic rings. The third-order valence-corrected chi connectivity index (χ3v) is 4.57. The fraction of sp³-hybridized carbons (Fsp3) is 0.200. The molecule has 6 heteroatoms. The number of hydrogen-bond donors (Lipinski definition) is 2. The second-order valence-corrected chi connectivity index (χ2v) is 6.46. The van der Waals surface area contributed by atoms with Crippen LogP contribution in [0.25, 0.3) is 11.0 Å². The van der Waals surface area contributed by atoms with Crippen molar-refractivity contribution >= 4 is 28.5 Å². The molecule has 2 N–H and O–H groups in total. The van der Waals surface area contributed by atoms with E-state index in [0.717, 1.165) is 5.56 Å². The lowest BCUT2D eigenvalue weighted by atomic mass is 10.0. The largest absolute Gasteiger partial charge is 0.506 e. The number of aryl methyl sites for hydroxylation is 1. The van der Waals surface area contributed by atoms with E-state index in [9.17, 15) is 14.7 Å². The predicted molar refractivity (Wildman–Crippen MR) is 101 cm³/mol. The highest BCUT2D eigenvalue weighted by Gasteiger charge is 2.16. The molecule has 0 spiro atoms. The van der Waals surface area contributed by atoms with Crippen LogP contribution in [0.3, 0.4) is 0 Å². The third-order valence-electron chi connectivity index (χ3n) is 4.27. The van der Waals surface area contributed by atoms with Crippen LogP contribution >= 0.6 is 11.6 Å². The SMILES string of the molecule is Cc1c(CC(=O)NCCc2ccccc2)c(=O)oc2cc(O)c(Cl)cc12. The number of aromatic hydroxyl groups is 1. The zero-order valence-electron chi connectivity index (χ0n) is 14.2. The van der Waals surface area contributed by atoms with Gasteiger partial charge in [-0.05, 0) is 30.5 Å². The second kappa shape index (κ2) is 7.62. The van der Waals surface area contributed by atoms with Crippen molar-refractivity contribution < 1.29 is 14.3 Å². The van der Waals surface area contributed by atoms with E-state index in [1.807, 2.05) is 30.3 Å². The van der Waals surface area contributed by atoms with Crippen molar-refractivity contribution in [2.75, 3.05) is 6.54 Å². The van der Waals surface area contributed by atoms with Gasteiger partial charge in [-0.25, -0.2) is 4.79 Å². The van der Waals surface area contributed by atoms with Crippen molar-refractivity contribution in [2.45, 2.75) is 19.8 Å². The molecule has 3 aromatic rings. The van der Waals surface area contributed by atoms with Crippen LogP contribution in [0.5, 0.6) is 5.75 Å². The molecule has 0 aliphatic heterocycles. The molecule has 0 saturated carbocycles. The summed E-state index contributed by atoms with van der Waals surface area (Å²) in [6.45, 7) is 2.22. The molecule has 1 amide bonds. The van der Waals surface area contributed by atoms with Crippen LogP contribution in [0.2, 0.25) is 5.02 Å². The molecule has 134 valence electrons. The van der Waals surface area contributed by atoms with E-state index < -0.39 is 5.63 Å². The van der Waals surface area contributed by atoms with Crippen molar-refractivity contribution in [1.29, 1.82) is 0 Å². The Balaban J connectivity index is 1.74. The van der Waals surface area contributed by atoms with Gasteiger partial charge in [-0.15, -0.1) is 0 Å². The molecular formula is C20H18ClNO4. The molecule has 1 aromatic heterocycles. The van der Waals surface area contributed by atoms with E-state index in [4.69, 9.17) is 16.0 Å². The Morgan fingerprint density at radius 2 is 1.96 bits per heavy atom. The van der Waals surface area contributed by atoms with Gasteiger partial charge >= 0.3 is 5.63 Å². The molecule has 0 aliphatic carbocycles. The maximum Gasteiger partial charge on any atom is 0.340 e. The van der Waals surface area contributed by atoms with Crippen molar-refractivity contribution in [3.05, 3.63) is 74.6 Å². The Morgan fingerprint density at radius 3 is 2.69 bits per heavy atom. The van der Waals surface area contributed by atoms with Gasteiger partial charge in [0, 0.05) is 18.0 Å². The molecule has 0 radical (unpaired) electrons. The predicted octanol–water partition coefficient (Wildman–Crippen LogP) is 3.36. The highest BCUT2D eigenvalue weighted by atomic mass is 35.5. The van der Waals surface area contributed by atoms with Gasteiger partial charge < -0.3 is 14.8 Å². The summed E-state index contributed by atoms with van der Waals surface area (Å²) >= 11 is 5.94. The molecule has 0 bridgehead atoms. The fourth-order valence-corrected chi connectivity index (χ4v) is 2.98. The molecule has 26 heavy (non-hydrogen) atoms. The van der Waals surface area contributed by atoms with Gasteiger partial charge in [0.15, 0.2) is 0 Å². The van der Waals surface area contributed by atoms with Crippen LogP contribution in [-0.4, -0.2) is 17.6 Å². The van der Waals surface area contributed by atoms with Gasteiger partial charge in [0.2, 0.25) is 5.91 Å². The lowest BCUT2D eigenvalue weighted by Gasteiger charge is -2.09. The summed E-state index contributed by atoms with van der Waals surface area (Å²) < 4.78 is 5.23. The second-order valence-electron chi connectivity index (χ2n) is 6.06. The standard InChI is InChI=1S/C20H18ClNO4/c1-12-14-9-16(21)17(23)11-18(14)26-20(25)15(12)10-19(24)22-8-7-13-5-3-2-4-6-13/h2-6,9,11,23H,7-8,10H2,1H3,(H,22,24). The number of phenolic OH excluding ortho intramolecular Hbond substituents is 1. The summed E-state index contributed by atoms with van der Waals surface area (Å²) in [5.74, 6) is -0.409. The minimum Gasteiger partial charge on any atom is -0.506 e. The van der Waals surface area contributed by atoms with Crippen LogP contribution < -0.4 is 10.9 Å². The monoisotopic (exact) mass is 371 g/mol. The number of nitrogens with one attached hydrogen (secondary N) is 1. The van der Waals surface area contributed by atoms with Gasteiger partial charge in [0.25, 0.3) is 0 Å². The number of carbonyl (C=O) groups excluding carboxylic acids is 1. The zero-order chi connectivity index (χ0) is 18.7. The van der Waals surface area contributed by atoms with Gasteiger partial charge in [-0.2, -0.15) is 0 Å². The number of carbonyl (C=O) groups is 1. The fourth-order valence-electron chi connectivity index (χ4n) is 2.82. The summed E-state index contributed by atoms with van der Waals surface area (Å²) in [5, 5.41) is 13.2. The number of hydrogen-bond acceptors (Lipinski definition) is 4. The third kappa shape index (κ3) is 3.89. The Morgan fingerprint density at radius 1 is 1.23 bits per heavy atom. The Labute approximate surface area is 155 Å². The van der Waals surface area contributed by atoms with Crippen LogP contribution in [-0.2, 0) is 17.6 Å². The van der Waals surface area contributed by atoms with Crippen molar-refractivity contribution in [3.63, 3.8) is 0 Å². The number of fused-ring (bicyclic) bond motifs is 1. The number of amides is 1. The number of benzene rings is 2. The number of rotatable bonds is 5. The smallest absolute Gasteiger partial charge is 0.340 e. The first-order valence-corrected chi connectivity index (χ1v) is 8.59. The normalized spacial score (nSPS) is 10.8. The highest BCUT2D eigenvalue weighted by Crippen LogP contribution is 2.30. The summed E-state index contributed by atoms with van der Waals surface area (Å²) in [4.78, 5) is 24.4. The lowest BCUT2D eigenvalue weighted by molar-refractivity contribution is -0.120. The van der Waals surface area contributed by atoms with Gasteiger partial charge in [-0.1, -0.05) is 41.9 Å². The zero-order valence-corrected chi connectivity index (χ0v) is 15.0. The van der Waals surface area contributed by atoms with Gasteiger partial charge in [0.1, 0.15) is 11.3 Å². The van der Waals surface area contributed by atoms with Crippen LogP contribution in [0.1, 0.15) is 16.7 Å². The van der Waals surface area contributed by atoms with Crippen LogP contribution in [0.4, 0.5) is 0 Å². The maximum atomic E-state index is 12.2. The quantitative estimate of drug-likeness (QED) is 0.674. The van der Waals surface area contributed by atoms with E-state index in [0.29, 0.717) is 23.9 Å². The molecule has 1 heterocycles. The number of phenols is 1. The van der Waals surface area contributed by atoms with Gasteiger partial charge in [-0.3, -0.25) is 4.79 Å². The minimum atomic E-state index is -0.588. The molecule has 3 rings (SSSR count). The molecule has 2 aromatic carbocycles. The van der Waals surface area contributed by atoms with E-state index in [1.54, 1.807) is 6.92 Å². The maximum absolute atomic E-state index is 12.2. The van der Waals surface area contributed by atoms with Crippen molar-refractivity contribution in [2.24, 2.45) is 0 Å². The Hall–Kier alpha value is -2.79. The summed E-state index contributed by atoms with van der Waals surface area (Å²) in [6.07, 6.45) is 0.643. The Bertz CT molecular complexity index is 1010. The molecule has 0 saturated heterocycles. The van der Waals surface area contributed by atoms with Crippen LogP contribution in [0.15, 0.2) is 51.7 Å². The van der Waals surface area contributed by atoms with Gasteiger partial charge in [0.05, 0.1) is 17.0 Å². The lowest BCUT2D eigenvalue weighted by Crippen LogP contribution is -2.29. The summed E-state index contributed by atoms with van der Waals surface area (Å²) in [5.41, 5.74) is 1.69. The molecule has 0 fully saturated rings. The average molecular weight is 372 g/mol. The van der Waals surface area contributed by atoms with E-state index in [-0.39, 0.29) is 34.2 Å². The number of halogens is 1. The molecular weight excluding hydrogens is 354 g/mol. The first-order chi connectivity index (χ1) is 12.5. The van der Waals surface area contributed by atoms with E-state index in [2.05, 4.69) is 5.32 Å². The summed E-state index contributed by atoms with van der Waals surface area (Å²) in [7, 11) is 0. The summed E-state index contributed by atoms with van der Waals surface area (Å²) in [6, 6.07) is 12.7. The van der Waals surface area contributed by atoms with Crippen molar-refractivity contribution in [3.8, 4) is 5.75 Å². The first kappa shape index (κ1) is 18.0. The average Bonchev–Trinajstić information content (AvgIpc) is 2.62. The van der Waals surface area contributed by atoms with Crippen LogP contribution in [0, 0.1) is 6.92 Å². The first-order valence-electron chi connectivity index (χ1n) is 8.21. The van der Waals surface area contributed by atoms with Crippen molar-refractivity contribution in [1.82, 2.24) is 5.32 Å². The molecule has 5 nitrogen and oxygen atoms in total. The van der Waals surface area contributed by atoms with E-state index in [1.165, 1.54) is 12.1 Å². The Kier molecular flexibility index (Phi) is 5.28. The minimum absolute atomic E-state index is 0.0720. The molecule has 0 unspecified atom stereocenters. The van der Waals surface area contributed by atoms with E-state index >= 15 is 0 Å². The molecule has 0 atom stereocenters. The topological polar surface area (TPSA) is 79.5 Å². The highest BCUT2D eigenvalue weighted by molar-refractivity contribution is 6.32.